The first kappa shape index (κ1) is 21.4. The zero-order valence-electron chi connectivity index (χ0n) is 16.8. The van der Waals surface area contributed by atoms with Gasteiger partial charge in [-0.15, -0.1) is 10.2 Å². The van der Waals surface area contributed by atoms with Crippen molar-refractivity contribution in [2.45, 2.75) is 18.9 Å². The van der Waals surface area contributed by atoms with Crippen molar-refractivity contribution in [1.29, 1.82) is 0 Å². The summed E-state index contributed by atoms with van der Waals surface area (Å²) < 4.78 is 5.28. The van der Waals surface area contributed by atoms with Crippen molar-refractivity contribution in [2.75, 3.05) is 44.7 Å². The van der Waals surface area contributed by atoms with Gasteiger partial charge < -0.3 is 14.7 Å². The molecule has 2 aromatic rings. The van der Waals surface area contributed by atoms with E-state index in [0.29, 0.717) is 17.9 Å². The van der Waals surface area contributed by atoms with Crippen LogP contribution in [0, 0.1) is 0 Å². The molecule has 1 heterocycles. The third kappa shape index (κ3) is 6.06. The maximum absolute atomic E-state index is 10.6. The summed E-state index contributed by atoms with van der Waals surface area (Å²) in [5.74, 6) is 0.609. The number of aliphatic hydroxyl groups excluding tert-OH is 1. The molecule has 0 radical (unpaired) electrons. The van der Waals surface area contributed by atoms with Crippen LogP contribution in [0.15, 0.2) is 58.8 Å². The van der Waals surface area contributed by atoms with Crippen molar-refractivity contribution in [2.24, 2.45) is 10.2 Å². The second-order valence-corrected chi connectivity index (χ2v) is 7.29. The molecule has 29 heavy (non-hydrogen) atoms. The third-order valence-electron chi connectivity index (χ3n) is 5.25. The number of rotatable bonds is 9. The zero-order chi connectivity index (χ0) is 20.5. The van der Waals surface area contributed by atoms with E-state index in [1.807, 2.05) is 12.1 Å². The van der Waals surface area contributed by atoms with Crippen LogP contribution in [0.25, 0.3) is 0 Å². The van der Waals surface area contributed by atoms with Crippen LogP contribution < -0.4 is 9.64 Å². The molecule has 1 fully saturated rings. The molecule has 154 valence electrons. The number of para-hydroxylation sites is 1. The SMILES string of the molecule is COc1ccc(C(O)CCCN2CCN(c3ccccc3)CC2)cc1N=NC=S. The first-order valence-corrected chi connectivity index (χ1v) is 10.4. The summed E-state index contributed by atoms with van der Waals surface area (Å²) in [4.78, 5) is 4.90. The molecule has 1 aliphatic heterocycles. The summed E-state index contributed by atoms with van der Waals surface area (Å²) in [7, 11) is 1.58. The molecule has 1 atom stereocenters. The lowest BCUT2D eigenvalue weighted by Crippen LogP contribution is -2.46. The minimum absolute atomic E-state index is 0.534. The quantitative estimate of drug-likeness (QED) is 0.489. The highest BCUT2D eigenvalue weighted by Gasteiger charge is 2.17. The number of azo groups is 1. The van der Waals surface area contributed by atoms with E-state index in [1.54, 1.807) is 13.2 Å². The lowest BCUT2D eigenvalue weighted by molar-refractivity contribution is 0.154. The maximum atomic E-state index is 10.6. The fourth-order valence-corrected chi connectivity index (χ4v) is 3.67. The number of ether oxygens (including phenoxy) is 1. The van der Waals surface area contributed by atoms with Gasteiger partial charge in [-0.3, -0.25) is 4.90 Å². The van der Waals surface area contributed by atoms with E-state index in [9.17, 15) is 5.11 Å². The van der Waals surface area contributed by atoms with Gasteiger partial charge in [0.05, 0.1) is 13.2 Å². The highest BCUT2D eigenvalue weighted by Crippen LogP contribution is 2.32. The Labute approximate surface area is 177 Å². The van der Waals surface area contributed by atoms with E-state index in [0.717, 1.165) is 44.7 Å². The van der Waals surface area contributed by atoms with Gasteiger partial charge in [0.2, 0.25) is 0 Å². The van der Waals surface area contributed by atoms with Crippen LogP contribution >= 0.6 is 12.2 Å². The molecule has 0 aliphatic carbocycles. The van der Waals surface area contributed by atoms with Gasteiger partial charge in [-0.05, 0) is 49.2 Å². The Morgan fingerprint density at radius 2 is 1.90 bits per heavy atom. The topological polar surface area (TPSA) is 60.7 Å². The van der Waals surface area contributed by atoms with E-state index < -0.39 is 6.10 Å². The van der Waals surface area contributed by atoms with Crippen molar-refractivity contribution in [3.8, 4) is 5.75 Å². The van der Waals surface area contributed by atoms with E-state index in [2.05, 4.69) is 62.6 Å². The smallest absolute Gasteiger partial charge is 0.146 e. The number of piperazine rings is 1. The Morgan fingerprint density at radius 3 is 2.59 bits per heavy atom. The standard InChI is InChI=1S/C22H28N4O2S/c1-28-22-10-9-18(16-20(22)24-23-17-29)21(27)8-5-11-25-12-14-26(15-13-25)19-6-3-2-4-7-19/h2-4,6-7,9-10,16-17,21,27H,5,8,11-15H2,1H3. The molecular formula is C22H28N4O2S. The molecule has 1 unspecified atom stereocenters. The lowest BCUT2D eigenvalue weighted by atomic mass is 10.0. The Balaban J connectivity index is 1.46. The second-order valence-electron chi connectivity index (χ2n) is 7.07. The highest BCUT2D eigenvalue weighted by molar-refractivity contribution is 7.78. The molecular weight excluding hydrogens is 384 g/mol. The molecule has 2 aromatic carbocycles. The largest absolute Gasteiger partial charge is 0.494 e. The minimum atomic E-state index is -0.534. The number of aliphatic hydroxyl groups is 1. The number of hydrogen-bond donors (Lipinski definition) is 1. The van der Waals surface area contributed by atoms with Gasteiger partial charge in [-0.2, -0.15) is 0 Å². The summed E-state index contributed by atoms with van der Waals surface area (Å²) >= 11 is 4.69. The fraction of sp³-hybridized carbons (Fsp3) is 0.409. The number of benzene rings is 2. The van der Waals surface area contributed by atoms with Crippen molar-refractivity contribution in [3.05, 3.63) is 54.1 Å². The molecule has 1 N–H and O–H groups in total. The molecule has 6 nitrogen and oxygen atoms in total. The number of methoxy groups -OCH3 is 1. The molecule has 0 aromatic heterocycles. The van der Waals surface area contributed by atoms with Gasteiger partial charge in [-0.1, -0.05) is 36.5 Å². The van der Waals surface area contributed by atoms with Gasteiger partial charge in [0.1, 0.15) is 16.9 Å². The van der Waals surface area contributed by atoms with Crippen LogP contribution in [0.3, 0.4) is 0 Å². The summed E-state index contributed by atoms with van der Waals surface area (Å²) in [6, 6.07) is 16.1. The summed E-state index contributed by atoms with van der Waals surface area (Å²) in [5, 5.41) is 18.4. The molecule has 0 spiro atoms. The van der Waals surface area contributed by atoms with Crippen LogP contribution in [0.1, 0.15) is 24.5 Å². The highest BCUT2D eigenvalue weighted by atomic mass is 32.1. The third-order valence-corrected chi connectivity index (χ3v) is 5.34. The molecule has 0 saturated carbocycles. The first-order valence-electron chi connectivity index (χ1n) is 9.94. The van der Waals surface area contributed by atoms with E-state index in [4.69, 9.17) is 4.74 Å². The Kier molecular flexibility index (Phi) is 8.10. The summed E-state index contributed by atoms with van der Waals surface area (Å²) in [5.41, 5.74) is 3.89. The van der Waals surface area contributed by atoms with Gasteiger partial charge in [0.15, 0.2) is 0 Å². The maximum Gasteiger partial charge on any atom is 0.146 e. The average molecular weight is 413 g/mol. The molecule has 0 amide bonds. The van der Waals surface area contributed by atoms with Gasteiger partial charge in [-0.25, -0.2) is 0 Å². The fourth-order valence-electron chi connectivity index (χ4n) is 3.62. The van der Waals surface area contributed by atoms with Crippen LogP contribution in [-0.2, 0) is 0 Å². The number of anilines is 1. The van der Waals surface area contributed by atoms with Crippen molar-refractivity contribution in [3.63, 3.8) is 0 Å². The molecule has 7 heteroatoms. The van der Waals surface area contributed by atoms with Gasteiger partial charge in [0, 0.05) is 31.9 Å². The van der Waals surface area contributed by atoms with E-state index in [-0.39, 0.29) is 0 Å². The molecule has 1 saturated heterocycles. The van der Waals surface area contributed by atoms with Crippen molar-refractivity contribution in [1.82, 2.24) is 4.90 Å². The Morgan fingerprint density at radius 1 is 1.14 bits per heavy atom. The predicted octanol–water partition coefficient (Wildman–Crippen LogP) is 4.37. The lowest BCUT2D eigenvalue weighted by Gasteiger charge is -2.36. The van der Waals surface area contributed by atoms with Gasteiger partial charge >= 0.3 is 0 Å². The number of hydrogen-bond acceptors (Lipinski definition) is 6. The van der Waals surface area contributed by atoms with Gasteiger partial charge in [0.25, 0.3) is 0 Å². The summed E-state index contributed by atoms with van der Waals surface area (Å²) in [6.07, 6.45) is 1.11. The Hall–Kier alpha value is -2.35. The van der Waals surface area contributed by atoms with Crippen LogP contribution in [0.2, 0.25) is 0 Å². The second kappa shape index (κ2) is 11.0. The van der Waals surface area contributed by atoms with E-state index >= 15 is 0 Å². The van der Waals surface area contributed by atoms with Crippen LogP contribution in [0.4, 0.5) is 11.4 Å². The molecule has 3 rings (SSSR count). The van der Waals surface area contributed by atoms with Crippen molar-refractivity contribution >= 4 is 29.1 Å². The first-order chi connectivity index (χ1) is 14.2. The summed E-state index contributed by atoms with van der Waals surface area (Å²) in [6.45, 7) is 5.18. The Bertz CT molecular complexity index is 808. The monoisotopic (exact) mass is 412 g/mol. The van der Waals surface area contributed by atoms with Crippen LogP contribution in [-0.4, -0.2) is 55.3 Å². The van der Waals surface area contributed by atoms with Crippen molar-refractivity contribution < 1.29 is 9.84 Å². The van der Waals surface area contributed by atoms with E-state index in [1.165, 1.54) is 11.2 Å². The number of nitrogens with zero attached hydrogens (tertiary/aromatic N) is 4. The molecule has 1 aliphatic rings. The predicted molar refractivity (Wildman–Crippen MR) is 120 cm³/mol. The molecule has 0 bridgehead atoms. The zero-order valence-corrected chi connectivity index (χ0v) is 17.6. The number of thiocarbonyl (C=S) groups is 1. The minimum Gasteiger partial charge on any atom is -0.494 e. The van der Waals surface area contributed by atoms with Crippen LogP contribution in [0.5, 0.6) is 5.75 Å². The normalized spacial score (nSPS) is 16.1. The average Bonchev–Trinajstić information content (AvgIpc) is 2.78.